The van der Waals surface area contributed by atoms with Gasteiger partial charge in [0, 0.05) is 11.4 Å². The Morgan fingerprint density at radius 3 is 2.60 bits per heavy atom. The van der Waals surface area contributed by atoms with E-state index < -0.39 is 5.05 Å². The van der Waals surface area contributed by atoms with Crippen LogP contribution in [0, 0.1) is 6.92 Å². The highest BCUT2D eigenvalue weighted by atomic mass is 35.9. The molecule has 1 aromatic carbocycles. The van der Waals surface area contributed by atoms with Crippen molar-refractivity contribution in [3.63, 3.8) is 0 Å². The fraction of sp³-hybridized carbons (Fsp3) is 0.125. The smallest absolute Gasteiger partial charge is 0.315 e. The van der Waals surface area contributed by atoms with Crippen molar-refractivity contribution in [1.29, 1.82) is 0 Å². The van der Waals surface area contributed by atoms with E-state index in [0.29, 0.717) is 17.1 Å². The molecule has 0 aliphatic heterocycles. The molecule has 0 spiro atoms. The molecular weight excluding hydrogens is 294 g/mol. The normalized spacial score (nSPS) is 11.1. The van der Waals surface area contributed by atoms with Crippen molar-refractivity contribution < 1.29 is 9.30 Å². The predicted octanol–water partition coefficient (Wildman–Crippen LogP) is 4.98. The zero-order chi connectivity index (χ0) is 11.5. The molecule has 0 amide bonds. The van der Waals surface area contributed by atoms with E-state index in [1.807, 2.05) is 25.1 Å². The van der Waals surface area contributed by atoms with Gasteiger partial charge in [0.05, 0.1) is 0 Å². The lowest BCUT2D eigenvalue weighted by Gasteiger charge is -2.08. The summed E-state index contributed by atoms with van der Waals surface area (Å²) in [6.45, 7) is 1.88. The average molecular weight is 301 g/mol. The van der Waals surface area contributed by atoms with Gasteiger partial charge in [-0.2, -0.15) is 0 Å². The van der Waals surface area contributed by atoms with Crippen molar-refractivity contribution in [3.8, 4) is 5.75 Å². The maximum atomic E-state index is 11.0. The molecule has 0 heterocycles. The third kappa shape index (κ3) is 5.23. The second-order valence-electron chi connectivity index (χ2n) is 2.62. The Morgan fingerprint density at radius 2 is 2.07 bits per heavy atom. The van der Waals surface area contributed by atoms with Crippen molar-refractivity contribution in [2.45, 2.75) is 6.92 Å². The molecule has 0 radical (unpaired) electrons. The van der Waals surface area contributed by atoms with Crippen molar-refractivity contribution in [2.24, 2.45) is 0 Å². The Kier molecular flexibility index (Phi) is 4.94. The van der Waals surface area contributed by atoms with Crippen LogP contribution in [0.5, 0.6) is 5.75 Å². The summed E-state index contributed by atoms with van der Waals surface area (Å²) in [5, 5.41) is -3.28. The summed E-state index contributed by atoms with van der Waals surface area (Å²) in [7, 11) is 0. The maximum absolute atomic E-state index is 11.0. The van der Waals surface area contributed by atoms with E-state index in [0.717, 1.165) is 5.56 Å². The summed E-state index contributed by atoms with van der Waals surface area (Å²) >= 11 is 16.2. The number of halogens is 2. The monoisotopic (exact) mass is 300 g/mol. The van der Waals surface area contributed by atoms with Crippen LogP contribution in [-0.2, 0) is 4.57 Å². The van der Waals surface area contributed by atoms with Crippen LogP contribution >= 0.6 is 51.1 Å². The average Bonchev–Trinajstić information content (AvgIpc) is 2.05. The molecule has 1 aromatic rings. The lowest BCUT2D eigenvalue weighted by Crippen LogP contribution is -1.99. The van der Waals surface area contributed by atoms with Gasteiger partial charge in [-0.15, -0.1) is 0 Å². The summed E-state index contributed by atoms with van der Waals surface area (Å²) in [5.41, 5.74) is 0.930. The fourth-order valence-corrected chi connectivity index (χ4v) is 4.70. The van der Waals surface area contributed by atoms with Gasteiger partial charge in [-0.3, -0.25) is 4.57 Å². The van der Waals surface area contributed by atoms with Crippen LogP contribution in [0.4, 0.5) is 0 Å². The fourth-order valence-electron chi connectivity index (χ4n) is 0.866. The molecule has 2 nitrogen and oxygen atoms in total. The predicted molar refractivity (Wildman–Crippen MR) is 71.3 cm³/mol. The Balaban J connectivity index is 2.68. The highest BCUT2D eigenvalue weighted by Gasteiger charge is 2.19. The molecule has 0 aromatic heterocycles. The van der Waals surface area contributed by atoms with Gasteiger partial charge in [0.25, 0.3) is 0 Å². The molecule has 0 bridgehead atoms. The van der Waals surface area contributed by atoms with Crippen molar-refractivity contribution in [3.05, 3.63) is 29.8 Å². The summed E-state index contributed by atoms with van der Waals surface area (Å²) in [5.74, 6) is 0.608. The number of thiocarbonyl (C=S) groups is 1. The lowest BCUT2D eigenvalue weighted by atomic mass is 10.2. The highest BCUT2D eigenvalue weighted by Crippen LogP contribution is 2.68. The Labute approximate surface area is 107 Å². The van der Waals surface area contributed by atoms with Crippen LogP contribution in [-0.4, -0.2) is 4.38 Å². The summed E-state index contributed by atoms with van der Waals surface area (Å²) in [6.07, 6.45) is 0. The third-order valence-corrected chi connectivity index (χ3v) is 4.99. The Bertz CT molecular complexity index is 419. The van der Waals surface area contributed by atoms with Crippen LogP contribution < -0.4 is 4.74 Å². The van der Waals surface area contributed by atoms with E-state index in [2.05, 4.69) is 0 Å². The molecule has 82 valence electrons. The number of ether oxygens (including phenoxy) is 1. The quantitative estimate of drug-likeness (QED) is 0.568. The minimum absolute atomic E-state index is 0.0534. The highest BCUT2D eigenvalue weighted by molar-refractivity contribution is 8.79. The first-order chi connectivity index (χ1) is 6.88. The largest absolute Gasteiger partial charge is 0.439 e. The summed E-state index contributed by atoms with van der Waals surface area (Å²) < 4.78 is 16.4. The molecule has 0 aliphatic carbocycles. The molecule has 0 N–H and O–H groups in total. The number of rotatable bonds is 2. The number of hydrogen-bond donors (Lipinski definition) is 0. The first-order valence-corrected chi connectivity index (χ1v) is 9.19. The first-order valence-electron chi connectivity index (χ1n) is 3.85. The number of benzene rings is 1. The van der Waals surface area contributed by atoms with Gasteiger partial charge in [0.2, 0.25) is 4.38 Å². The Morgan fingerprint density at radius 1 is 1.47 bits per heavy atom. The summed E-state index contributed by atoms with van der Waals surface area (Å²) in [6, 6.07) is 7.34. The van der Waals surface area contributed by atoms with Gasteiger partial charge in [-0.1, -0.05) is 18.2 Å². The molecule has 15 heavy (non-hydrogen) atoms. The number of aryl methyl sites for hydroxylation is 1. The van der Waals surface area contributed by atoms with Crippen molar-refractivity contribution in [2.75, 3.05) is 0 Å². The second-order valence-corrected chi connectivity index (χ2v) is 11.3. The lowest BCUT2D eigenvalue weighted by molar-refractivity contribution is 0.574. The topological polar surface area (TPSA) is 26.3 Å². The van der Waals surface area contributed by atoms with Crippen LogP contribution in [0.1, 0.15) is 5.56 Å². The molecular formula is C8H7Cl2O2PS2. The van der Waals surface area contributed by atoms with E-state index in [1.54, 1.807) is 6.07 Å². The van der Waals surface area contributed by atoms with Gasteiger partial charge >= 0.3 is 5.05 Å². The number of hydrogen-bond acceptors (Lipinski definition) is 4. The van der Waals surface area contributed by atoms with Gasteiger partial charge in [-0.05, 0) is 53.3 Å². The molecule has 0 unspecified atom stereocenters. The second kappa shape index (κ2) is 5.55. The zero-order valence-electron chi connectivity index (χ0n) is 7.65. The van der Waals surface area contributed by atoms with Gasteiger partial charge in [-0.25, -0.2) is 0 Å². The molecule has 1 rings (SSSR count). The van der Waals surface area contributed by atoms with E-state index >= 15 is 0 Å². The Hall–Kier alpha value is 0.270. The molecule has 0 fully saturated rings. The van der Waals surface area contributed by atoms with E-state index in [1.165, 1.54) is 0 Å². The van der Waals surface area contributed by atoms with E-state index in [9.17, 15) is 4.57 Å². The standard InChI is InChI=1S/C8H7Cl2O2PS2/c1-6-4-2-3-5-7(6)12-8(14)15-13(9,10)11/h2-5H,1H3. The van der Waals surface area contributed by atoms with Gasteiger partial charge in [0.1, 0.15) is 5.75 Å². The van der Waals surface area contributed by atoms with Gasteiger partial charge in [0.15, 0.2) is 0 Å². The van der Waals surface area contributed by atoms with E-state index in [4.69, 9.17) is 39.4 Å². The first kappa shape index (κ1) is 13.3. The van der Waals surface area contributed by atoms with Crippen LogP contribution in [0.25, 0.3) is 0 Å². The minimum Gasteiger partial charge on any atom is -0.439 e. The van der Waals surface area contributed by atoms with Crippen molar-refractivity contribution >= 4 is 55.5 Å². The zero-order valence-corrected chi connectivity index (χ0v) is 11.7. The molecule has 0 atom stereocenters. The molecule has 0 saturated carbocycles. The minimum atomic E-state index is -3.28. The SMILES string of the molecule is Cc1ccccc1OC(=S)SP(=O)(Cl)Cl. The van der Waals surface area contributed by atoms with Crippen LogP contribution in [0.15, 0.2) is 24.3 Å². The van der Waals surface area contributed by atoms with Crippen molar-refractivity contribution in [1.82, 2.24) is 0 Å². The molecule has 7 heteroatoms. The third-order valence-electron chi connectivity index (χ3n) is 1.47. The maximum Gasteiger partial charge on any atom is 0.315 e. The summed E-state index contributed by atoms with van der Waals surface area (Å²) in [4.78, 5) is 0. The van der Waals surface area contributed by atoms with Gasteiger partial charge < -0.3 is 4.74 Å². The van der Waals surface area contributed by atoms with Crippen LogP contribution in [0.2, 0.25) is 0 Å². The molecule has 0 aliphatic rings. The van der Waals surface area contributed by atoms with Crippen LogP contribution in [0.3, 0.4) is 0 Å². The van der Waals surface area contributed by atoms with E-state index in [-0.39, 0.29) is 4.38 Å². The number of para-hydroxylation sites is 1. The molecule has 0 saturated heterocycles.